The molecule has 1 aromatic heterocycles. The minimum absolute atomic E-state index is 0.215. The molecule has 1 heterocycles. The molecule has 2 aromatic carbocycles. The largest absolute Gasteiger partial charge is 0.383 e. The Labute approximate surface area is 145 Å². The Kier molecular flexibility index (Phi) is 5.20. The summed E-state index contributed by atoms with van der Waals surface area (Å²) in [6, 6.07) is 16.6. The number of nitrogens with zero attached hydrogens (tertiary/aromatic N) is 2. The molecule has 0 saturated carbocycles. The molecule has 3 aromatic rings. The molecule has 128 valence electrons. The zero-order valence-electron chi connectivity index (χ0n) is 13.9. The maximum absolute atomic E-state index is 12.7. The Morgan fingerprint density at radius 3 is 2.48 bits per heavy atom. The second kappa shape index (κ2) is 7.72. The predicted octanol–water partition coefficient (Wildman–Crippen LogP) is 1.82. The second-order valence-electron chi connectivity index (χ2n) is 5.59. The van der Waals surface area contributed by atoms with Crippen molar-refractivity contribution in [1.82, 2.24) is 15.1 Å². The van der Waals surface area contributed by atoms with Gasteiger partial charge in [0, 0.05) is 19.0 Å². The fourth-order valence-corrected chi connectivity index (χ4v) is 2.62. The lowest BCUT2D eigenvalue weighted by molar-refractivity contribution is 0.0931. The minimum Gasteiger partial charge on any atom is -0.383 e. The summed E-state index contributed by atoms with van der Waals surface area (Å²) in [7, 11) is 1.57. The molecule has 6 nitrogen and oxygen atoms in total. The van der Waals surface area contributed by atoms with Crippen LogP contribution in [-0.2, 0) is 11.3 Å². The van der Waals surface area contributed by atoms with Gasteiger partial charge in [-0.2, -0.15) is 5.10 Å². The number of hydrogen-bond acceptors (Lipinski definition) is 4. The Morgan fingerprint density at radius 1 is 1.08 bits per heavy atom. The number of ether oxygens (including phenoxy) is 1. The van der Waals surface area contributed by atoms with Gasteiger partial charge in [0.1, 0.15) is 0 Å². The van der Waals surface area contributed by atoms with E-state index in [0.29, 0.717) is 30.5 Å². The van der Waals surface area contributed by atoms with Crippen LogP contribution in [0, 0.1) is 0 Å². The molecule has 3 rings (SSSR count). The molecule has 0 aliphatic rings. The summed E-state index contributed by atoms with van der Waals surface area (Å²) in [5.41, 5.74) is 0.966. The lowest BCUT2D eigenvalue weighted by atomic mass is 10.1. The van der Waals surface area contributed by atoms with Crippen LogP contribution in [0.25, 0.3) is 10.8 Å². The first-order chi connectivity index (χ1) is 12.2. The molecule has 0 spiro atoms. The zero-order chi connectivity index (χ0) is 17.6. The van der Waals surface area contributed by atoms with Crippen molar-refractivity contribution in [2.45, 2.75) is 6.54 Å². The van der Waals surface area contributed by atoms with Crippen molar-refractivity contribution in [1.29, 1.82) is 0 Å². The molecular weight excluding hydrogens is 318 g/mol. The van der Waals surface area contributed by atoms with Gasteiger partial charge in [-0.1, -0.05) is 48.5 Å². The van der Waals surface area contributed by atoms with E-state index in [4.69, 9.17) is 4.74 Å². The number of benzene rings is 2. The quantitative estimate of drug-likeness (QED) is 0.697. The average molecular weight is 337 g/mol. The van der Waals surface area contributed by atoms with Crippen LogP contribution in [-0.4, -0.2) is 35.9 Å². The fraction of sp³-hybridized carbons (Fsp3) is 0.211. The lowest BCUT2D eigenvalue weighted by Crippen LogP contribution is -2.32. The second-order valence-corrected chi connectivity index (χ2v) is 5.59. The third kappa shape index (κ3) is 3.75. The SMILES string of the molecule is COCCNC(=O)c1nn(Cc2ccccc2)c(=O)c2ccccc12. The normalized spacial score (nSPS) is 10.8. The number of carbonyl (C=O) groups is 1. The van der Waals surface area contributed by atoms with Gasteiger partial charge in [0.15, 0.2) is 5.69 Å². The third-order valence-corrected chi connectivity index (χ3v) is 3.85. The number of nitrogens with one attached hydrogen (secondary N) is 1. The van der Waals surface area contributed by atoms with Crippen LogP contribution >= 0.6 is 0 Å². The van der Waals surface area contributed by atoms with E-state index in [1.165, 1.54) is 4.68 Å². The van der Waals surface area contributed by atoms with Crippen LogP contribution in [0.2, 0.25) is 0 Å². The van der Waals surface area contributed by atoms with Crippen molar-refractivity contribution in [2.75, 3.05) is 20.3 Å². The summed E-state index contributed by atoms with van der Waals surface area (Å²) in [6.45, 7) is 1.10. The highest BCUT2D eigenvalue weighted by Crippen LogP contribution is 2.13. The highest BCUT2D eigenvalue weighted by atomic mass is 16.5. The van der Waals surface area contributed by atoms with Crippen LogP contribution in [0.15, 0.2) is 59.4 Å². The molecule has 0 unspecified atom stereocenters. The topological polar surface area (TPSA) is 73.2 Å². The Hall–Kier alpha value is -2.99. The van der Waals surface area contributed by atoms with E-state index in [9.17, 15) is 9.59 Å². The molecule has 0 atom stereocenters. The van der Waals surface area contributed by atoms with Gasteiger partial charge in [-0.15, -0.1) is 0 Å². The number of rotatable bonds is 6. The molecule has 25 heavy (non-hydrogen) atoms. The van der Waals surface area contributed by atoms with E-state index in [-0.39, 0.29) is 17.2 Å². The van der Waals surface area contributed by atoms with E-state index in [2.05, 4.69) is 10.4 Å². The number of carbonyl (C=O) groups excluding carboxylic acids is 1. The molecule has 0 aliphatic carbocycles. The average Bonchev–Trinajstić information content (AvgIpc) is 2.65. The van der Waals surface area contributed by atoms with Crippen molar-refractivity contribution in [3.63, 3.8) is 0 Å². The van der Waals surface area contributed by atoms with Gasteiger partial charge in [0.25, 0.3) is 11.5 Å². The maximum Gasteiger partial charge on any atom is 0.274 e. The molecular formula is C19H19N3O3. The molecule has 0 saturated heterocycles. The molecule has 0 bridgehead atoms. The first-order valence-electron chi connectivity index (χ1n) is 8.01. The maximum atomic E-state index is 12.7. The van der Waals surface area contributed by atoms with Crippen molar-refractivity contribution in [3.8, 4) is 0 Å². The van der Waals surface area contributed by atoms with Gasteiger partial charge in [-0.25, -0.2) is 4.68 Å². The molecule has 6 heteroatoms. The van der Waals surface area contributed by atoms with Crippen LogP contribution in [0.5, 0.6) is 0 Å². The fourth-order valence-electron chi connectivity index (χ4n) is 2.62. The monoisotopic (exact) mass is 337 g/mol. The summed E-state index contributed by atoms with van der Waals surface area (Å²) in [4.78, 5) is 25.2. The van der Waals surface area contributed by atoms with Crippen molar-refractivity contribution in [2.24, 2.45) is 0 Å². The zero-order valence-corrected chi connectivity index (χ0v) is 13.9. The summed E-state index contributed by atoms with van der Waals surface area (Å²) in [5, 5.41) is 8.11. The van der Waals surface area contributed by atoms with E-state index in [1.54, 1.807) is 31.4 Å². The smallest absolute Gasteiger partial charge is 0.274 e. The van der Waals surface area contributed by atoms with Gasteiger partial charge in [0.05, 0.1) is 18.5 Å². The highest BCUT2D eigenvalue weighted by Gasteiger charge is 2.16. The molecule has 0 radical (unpaired) electrons. The molecule has 1 N–H and O–H groups in total. The van der Waals surface area contributed by atoms with Crippen molar-refractivity contribution >= 4 is 16.7 Å². The van der Waals surface area contributed by atoms with Gasteiger partial charge < -0.3 is 10.1 Å². The minimum atomic E-state index is -0.324. The number of aromatic nitrogens is 2. The first kappa shape index (κ1) is 16.9. The van der Waals surface area contributed by atoms with E-state index in [0.717, 1.165) is 5.56 Å². The van der Waals surface area contributed by atoms with E-state index in [1.807, 2.05) is 30.3 Å². The van der Waals surface area contributed by atoms with Crippen molar-refractivity contribution in [3.05, 3.63) is 76.2 Å². The van der Waals surface area contributed by atoms with Crippen molar-refractivity contribution < 1.29 is 9.53 Å². The molecule has 0 aliphatic heterocycles. The number of methoxy groups -OCH3 is 1. The predicted molar refractivity (Wildman–Crippen MR) is 95.8 cm³/mol. The van der Waals surface area contributed by atoms with E-state index < -0.39 is 0 Å². The van der Waals surface area contributed by atoms with Crippen LogP contribution in [0.4, 0.5) is 0 Å². The third-order valence-electron chi connectivity index (χ3n) is 3.85. The highest BCUT2D eigenvalue weighted by molar-refractivity contribution is 6.04. The molecule has 0 fully saturated rings. The van der Waals surface area contributed by atoms with Crippen LogP contribution in [0.1, 0.15) is 16.1 Å². The number of hydrogen-bond donors (Lipinski definition) is 1. The Balaban J connectivity index is 2.04. The van der Waals surface area contributed by atoms with E-state index >= 15 is 0 Å². The van der Waals surface area contributed by atoms with Gasteiger partial charge >= 0.3 is 0 Å². The Morgan fingerprint density at radius 2 is 1.76 bits per heavy atom. The summed E-state index contributed by atoms with van der Waals surface area (Å²) < 4.78 is 6.28. The lowest BCUT2D eigenvalue weighted by Gasteiger charge is -2.11. The summed E-state index contributed by atoms with van der Waals surface area (Å²) in [6.07, 6.45) is 0. The first-order valence-corrected chi connectivity index (χ1v) is 8.01. The van der Waals surface area contributed by atoms with Gasteiger partial charge in [-0.3, -0.25) is 9.59 Å². The van der Waals surface area contributed by atoms with Gasteiger partial charge in [-0.05, 0) is 11.6 Å². The van der Waals surface area contributed by atoms with Crippen LogP contribution in [0.3, 0.4) is 0 Å². The number of amides is 1. The standard InChI is InChI=1S/C19H19N3O3/c1-25-12-11-20-18(23)17-15-9-5-6-10-16(15)19(24)22(21-17)13-14-7-3-2-4-8-14/h2-10H,11-13H2,1H3,(H,20,23). The molecule has 1 amide bonds. The van der Waals surface area contributed by atoms with Crippen LogP contribution < -0.4 is 10.9 Å². The summed E-state index contributed by atoms with van der Waals surface area (Å²) >= 11 is 0. The number of fused-ring (bicyclic) bond motifs is 1. The summed E-state index contributed by atoms with van der Waals surface area (Å²) in [5.74, 6) is -0.324. The Bertz CT molecular complexity index is 936. The van der Waals surface area contributed by atoms with Gasteiger partial charge in [0.2, 0.25) is 0 Å².